The minimum Gasteiger partial charge on any atom is -0.508 e. The van der Waals surface area contributed by atoms with Crippen LogP contribution in [0.4, 0.5) is 0 Å². The second-order valence-corrected chi connectivity index (χ2v) is 7.72. The van der Waals surface area contributed by atoms with Crippen molar-refractivity contribution in [3.63, 3.8) is 0 Å². The molecule has 0 aliphatic carbocycles. The van der Waals surface area contributed by atoms with Crippen molar-refractivity contribution in [1.82, 2.24) is 25.5 Å². The lowest BCUT2D eigenvalue weighted by atomic mass is 10.0. The van der Waals surface area contributed by atoms with Crippen LogP contribution in [0.2, 0.25) is 0 Å². The number of tetrazole rings is 1. The molecule has 3 rings (SSSR count). The van der Waals surface area contributed by atoms with Crippen molar-refractivity contribution in [3.8, 4) is 11.4 Å². The van der Waals surface area contributed by atoms with Crippen molar-refractivity contribution >= 4 is 17.7 Å². The van der Waals surface area contributed by atoms with E-state index < -0.39 is 0 Å². The van der Waals surface area contributed by atoms with Crippen molar-refractivity contribution in [2.75, 3.05) is 0 Å². The van der Waals surface area contributed by atoms with Gasteiger partial charge in [0.1, 0.15) is 5.75 Å². The minimum absolute atomic E-state index is 0.0187. The van der Waals surface area contributed by atoms with Crippen LogP contribution in [0.1, 0.15) is 38.3 Å². The van der Waals surface area contributed by atoms with Gasteiger partial charge < -0.3 is 10.4 Å². The van der Waals surface area contributed by atoms with Crippen LogP contribution < -0.4 is 5.32 Å². The Balaban J connectivity index is 1.69. The Hall–Kier alpha value is -2.87. The number of carbonyl (C=O) groups is 1. The Morgan fingerprint density at radius 3 is 2.57 bits per heavy atom. The van der Waals surface area contributed by atoms with E-state index in [1.54, 1.807) is 28.9 Å². The van der Waals surface area contributed by atoms with E-state index in [0.29, 0.717) is 10.8 Å². The maximum Gasteiger partial charge on any atom is 0.233 e. The highest BCUT2D eigenvalue weighted by Gasteiger charge is 2.22. The van der Waals surface area contributed by atoms with Gasteiger partial charge in [-0.05, 0) is 53.6 Å². The van der Waals surface area contributed by atoms with Crippen LogP contribution in [0.3, 0.4) is 0 Å². The normalized spacial score (nSPS) is 13.1. The van der Waals surface area contributed by atoms with E-state index in [9.17, 15) is 9.90 Å². The zero-order valence-electron chi connectivity index (χ0n) is 15.8. The number of rotatable bonds is 8. The van der Waals surface area contributed by atoms with Crippen LogP contribution in [0.25, 0.3) is 5.69 Å². The molecule has 1 amide bonds. The average molecular weight is 398 g/mol. The van der Waals surface area contributed by atoms with E-state index in [1.807, 2.05) is 37.3 Å². The predicted octanol–water partition coefficient (Wildman–Crippen LogP) is 3.51. The van der Waals surface area contributed by atoms with E-state index >= 15 is 0 Å². The molecule has 2 atom stereocenters. The van der Waals surface area contributed by atoms with Gasteiger partial charge in [-0.1, -0.05) is 55.4 Å². The van der Waals surface area contributed by atoms with Crippen LogP contribution in [0, 0.1) is 0 Å². The zero-order valence-corrected chi connectivity index (χ0v) is 16.6. The topological polar surface area (TPSA) is 92.9 Å². The summed E-state index contributed by atoms with van der Waals surface area (Å²) in [6.45, 7) is 3.94. The van der Waals surface area contributed by atoms with E-state index in [-0.39, 0.29) is 22.9 Å². The van der Waals surface area contributed by atoms with Gasteiger partial charge in [0.2, 0.25) is 11.1 Å². The van der Waals surface area contributed by atoms with Gasteiger partial charge in [0.25, 0.3) is 0 Å². The van der Waals surface area contributed by atoms with E-state index in [4.69, 9.17) is 0 Å². The highest BCUT2D eigenvalue weighted by atomic mass is 32.2. The number of hydrogen-bond acceptors (Lipinski definition) is 6. The highest BCUT2D eigenvalue weighted by molar-refractivity contribution is 8.00. The smallest absolute Gasteiger partial charge is 0.233 e. The number of phenolic OH excluding ortho intramolecular Hbond substituents is 1. The zero-order chi connectivity index (χ0) is 19.9. The molecule has 0 saturated heterocycles. The number of phenols is 1. The molecule has 0 fully saturated rings. The lowest BCUT2D eigenvalue weighted by Gasteiger charge is -2.21. The van der Waals surface area contributed by atoms with Crippen molar-refractivity contribution < 1.29 is 9.90 Å². The van der Waals surface area contributed by atoms with Gasteiger partial charge >= 0.3 is 0 Å². The molecular weight excluding hydrogens is 374 g/mol. The Morgan fingerprint density at radius 2 is 1.89 bits per heavy atom. The first-order valence-electron chi connectivity index (χ1n) is 9.18. The summed E-state index contributed by atoms with van der Waals surface area (Å²) in [7, 11) is 0. The first-order chi connectivity index (χ1) is 13.6. The number of thioether (sulfide) groups is 1. The maximum absolute atomic E-state index is 12.8. The Kier molecular flexibility index (Phi) is 6.65. The van der Waals surface area contributed by atoms with Crippen LogP contribution >= 0.6 is 11.8 Å². The largest absolute Gasteiger partial charge is 0.508 e. The molecule has 28 heavy (non-hydrogen) atoms. The summed E-state index contributed by atoms with van der Waals surface area (Å²) in [5, 5.41) is 24.5. The molecule has 3 aromatic rings. The molecule has 0 saturated carbocycles. The molecule has 146 valence electrons. The lowest BCUT2D eigenvalue weighted by molar-refractivity contribution is -0.121. The molecule has 2 N–H and O–H groups in total. The standard InChI is InChI=1S/C20H23N5O2S/c1-3-7-18(15-8-5-4-6-9-15)21-19(27)14(2)28-20-22-23-24-25(20)16-10-12-17(26)13-11-16/h4-6,8-14,18,26H,3,7H2,1-2H3,(H,21,27). The summed E-state index contributed by atoms with van der Waals surface area (Å²) in [5.41, 5.74) is 1.81. The summed E-state index contributed by atoms with van der Waals surface area (Å²) < 4.78 is 1.55. The third kappa shape index (κ3) is 4.89. The third-order valence-corrected chi connectivity index (χ3v) is 5.32. The van der Waals surface area contributed by atoms with Gasteiger partial charge in [-0.2, -0.15) is 4.68 Å². The van der Waals surface area contributed by atoms with Crippen molar-refractivity contribution in [1.29, 1.82) is 0 Å². The van der Waals surface area contributed by atoms with Crippen molar-refractivity contribution in [2.24, 2.45) is 0 Å². The average Bonchev–Trinajstić information content (AvgIpc) is 3.17. The Morgan fingerprint density at radius 1 is 1.18 bits per heavy atom. The Bertz CT molecular complexity index is 898. The van der Waals surface area contributed by atoms with Gasteiger partial charge in [-0.3, -0.25) is 4.79 Å². The number of benzene rings is 2. The fraction of sp³-hybridized carbons (Fsp3) is 0.300. The summed E-state index contributed by atoms with van der Waals surface area (Å²) in [6, 6.07) is 16.5. The molecule has 0 spiro atoms. The fourth-order valence-corrected chi connectivity index (χ4v) is 3.62. The lowest BCUT2D eigenvalue weighted by Crippen LogP contribution is -2.34. The molecule has 1 aromatic heterocycles. The second kappa shape index (κ2) is 9.36. The molecule has 7 nitrogen and oxygen atoms in total. The highest BCUT2D eigenvalue weighted by Crippen LogP contribution is 2.25. The molecular formula is C20H23N5O2S. The van der Waals surface area contributed by atoms with Crippen LogP contribution in [-0.2, 0) is 4.79 Å². The molecule has 0 aliphatic rings. The quantitative estimate of drug-likeness (QED) is 0.565. The first kappa shape index (κ1) is 19.9. The number of aromatic hydroxyl groups is 1. The molecule has 2 aromatic carbocycles. The summed E-state index contributed by atoms with van der Waals surface area (Å²) >= 11 is 1.29. The summed E-state index contributed by atoms with van der Waals surface area (Å²) in [4.78, 5) is 12.8. The molecule has 8 heteroatoms. The first-order valence-corrected chi connectivity index (χ1v) is 10.1. The number of nitrogens with one attached hydrogen (secondary N) is 1. The number of carbonyl (C=O) groups excluding carboxylic acids is 1. The Labute approximate surface area is 168 Å². The van der Waals surface area contributed by atoms with Crippen LogP contribution in [-0.4, -0.2) is 36.5 Å². The van der Waals surface area contributed by atoms with E-state index in [0.717, 1.165) is 18.4 Å². The van der Waals surface area contributed by atoms with Gasteiger partial charge in [0.15, 0.2) is 0 Å². The van der Waals surface area contributed by atoms with Gasteiger partial charge in [-0.15, -0.1) is 5.10 Å². The molecule has 0 radical (unpaired) electrons. The fourth-order valence-electron chi connectivity index (χ4n) is 2.81. The monoisotopic (exact) mass is 397 g/mol. The summed E-state index contributed by atoms with van der Waals surface area (Å²) in [5.74, 6) is 0.106. The van der Waals surface area contributed by atoms with Crippen LogP contribution in [0.15, 0.2) is 59.8 Å². The molecule has 0 bridgehead atoms. The third-order valence-electron chi connectivity index (χ3n) is 4.28. The van der Waals surface area contributed by atoms with Crippen molar-refractivity contribution in [2.45, 2.75) is 43.1 Å². The SMILES string of the molecule is CCCC(NC(=O)C(C)Sc1nnnn1-c1ccc(O)cc1)c1ccccc1. The number of hydrogen-bond donors (Lipinski definition) is 2. The predicted molar refractivity (Wildman–Crippen MR) is 108 cm³/mol. The van der Waals surface area contributed by atoms with Crippen molar-refractivity contribution in [3.05, 3.63) is 60.2 Å². The van der Waals surface area contributed by atoms with Gasteiger partial charge in [0.05, 0.1) is 17.0 Å². The minimum atomic E-state index is -0.370. The van der Waals surface area contributed by atoms with Crippen LogP contribution in [0.5, 0.6) is 5.75 Å². The number of nitrogens with zero attached hydrogens (tertiary/aromatic N) is 4. The van der Waals surface area contributed by atoms with E-state index in [2.05, 4.69) is 27.8 Å². The van der Waals surface area contributed by atoms with Gasteiger partial charge in [0, 0.05) is 0 Å². The molecule has 0 aliphatic heterocycles. The maximum atomic E-state index is 12.8. The summed E-state index contributed by atoms with van der Waals surface area (Å²) in [6.07, 6.45) is 1.85. The molecule has 1 heterocycles. The van der Waals surface area contributed by atoms with E-state index in [1.165, 1.54) is 11.8 Å². The number of aromatic nitrogens is 4. The molecule has 2 unspecified atom stereocenters. The second-order valence-electron chi connectivity index (χ2n) is 6.41. The van der Waals surface area contributed by atoms with Gasteiger partial charge in [-0.25, -0.2) is 0 Å². The number of amides is 1.